The van der Waals surface area contributed by atoms with Crippen molar-refractivity contribution in [3.63, 3.8) is 0 Å². The Morgan fingerprint density at radius 2 is 1.37 bits per heavy atom. The average molecular weight is 288 g/mol. The molecule has 11 nitrogen and oxygen atoms in total. The molecule has 0 spiro atoms. The maximum absolute atomic E-state index is 10.7. The van der Waals surface area contributed by atoms with Gasteiger partial charge in [0.1, 0.15) is 5.30 Å². The van der Waals surface area contributed by atoms with Crippen molar-refractivity contribution in [3.05, 3.63) is 42.5 Å². The van der Waals surface area contributed by atoms with Crippen molar-refractivity contribution in [1.82, 2.24) is 0 Å². The molecule has 0 N–H and O–H groups in total. The van der Waals surface area contributed by atoms with Gasteiger partial charge in [-0.05, 0) is 0 Å². The van der Waals surface area contributed by atoms with Gasteiger partial charge in [-0.3, -0.25) is 30.3 Å². The molecular weight excluding hydrogens is 286 g/mol. The lowest BCUT2D eigenvalue weighted by Gasteiger charge is -2.04. The minimum atomic E-state index is -1.86. The second-order valence-corrected chi connectivity index (χ2v) is 3.88. The van der Waals surface area contributed by atoms with E-state index in [4.69, 9.17) is 0 Å². The van der Waals surface area contributed by atoms with E-state index in [1.165, 1.54) is 0 Å². The van der Waals surface area contributed by atoms with Gasteiger partial charge in [0, 0.05) is 0 Å². The van der Waals surface area contributed by atoms with E-state index in [9.17, 15) is 40.2 Å². The second kappa shape index (κ2) is 5.26. The molecule has 0 fully saturated rings. The first-order valence-corrected chi connectivity index (χ1v) is 5.05. The minimum absolute atomic E-state index is 0.272. The van der Waals surface area contributed by atoms with Crippen LogP contribution in [0.25, 0.3) is 0 Å². The van der Waals surface area contributed by atoms with Gasteiger partial charge in [0.2, 0.25) is 0 Å². The molecule has 1 aromatic carbocycles. The summed E-state index contributed by atoms with van der Waals surface area (Å²) in [4.78, 5) is 38.1. The highest BCUT2D eigenvalue weighted by Gasteiger charge is 2.31. The zero-order valence-electron chi connectivity index (χ0n) is 8.67. The zero-order valence-corrected chi connectivity index (χ0v) is 9.49. The standard InChI is InChI=1S/C7H3N3O8S/c11-7(12)19-6-4(9(15)16)1-3(8(13)14)2-5(6)10(17)18/h1-2H,(H,11,12)/p-1. The topological polar surface area (TPSA) is 170 Å². The number of nitrogens with zero attached hydrogens (tertiary/aromatic N) is 3. The third kappa shape index (κ3) is 3.12. The summed E-state index contributed by atoms with van der Waals surface area (Å²) >= 11 is -0.272. The molecule has 1 rings (SSSR count). The normalized spacial score (nSPS) is 9.89. The molecule has 12 heteroatoms. The summed E-state index contributed by atoms with van der Waals surface area (Å²) in [5.41, 5.74) is -2.98. The largest absolute Gasteiger partial charge is 0.538 e. The van der Waals surface area contributed by atoms with E-state index in [0.29, 0.717) is 12.1 Å². The summed E-state index contributed by atoms with van der Waals surface area (Å²) in [6.07, 6.45) is 0. The molecule has 0 unspecified atom stereocenters. The quantitative estimate of drug-likeness (QED) is 0.442. The van der Waals surface area contributed by atoms with Gasteiger partial charge in [-0.1, -0.05) is 11.8 Å². The van der Waals surface area contributed by atoms with Crippen LogP contribution in [0.15, 0.2) is 17.0 Å². The van der Waals surface area contributed by atoms with Crippen LogP contribution in [0.4, 0.5) is 21.9 Å². The summed E-state index contributed by atoms with van der Waals surface area (Å²) in [6, 6.07) is 0.885. The van der Waals surface area contributed by atoms with E-state index in [2.05, 4.69) is 0 Å². The first kappa shape index (κ1) is 14.3. The van der Waals surface area contributed by atoms with Gasteiger partial charge in [-0.25, -0.2) is 0 Å². The lowest BCUT2D eigenvalue weighted by atomic mass is 10.2. The van der Waals surface area contributed by atoms with Gasteiger partial charge in [0.15, 0.2) is 4.90 Å². The zero-order chi connectivity index (χ0) is 14.7. The third-order valence-electron chi connectivity index (χ3n) is 1.82. The van der Waals surface area contributed by atoms with Crippen LogP contribution in [-0.2, 0) is 0 Å². The fraction of sp³-hybridized carbons (Fsp3) is 0. The fourth-order valence-corrected chi connectivity index (χ4v) is 1.79. The van der Waals surface area contributed by atoms with Crippen molar-refractivity contribution in [2.24, 2.45) is 0 Å². The van der Waals surface area contributed by atoms with Crippen LogP contribution in [-0.4, -0.2) is 20.1 Å². The smallest absolute Gasteiger partial charge is 0.297 e. The molecule has 0 amide bonds. The summed E-state index contributed by atoms with van der Waals surface area (Å²) in [6.45, 7) is 0. The molecule has 1 aromatic rings. The number of benzene rings is 1. The molecule has 0 aromatic heterocycles. The van der Waals surface area contributed by atoms with E-state index in [0.717, 1.165) is 0 Å². The highest BCUT2D eigenvalue weighted by atomic mass is 32.2. The number of carbonyl (C=O) groups excluding carboxylic acids is 1. The summed E-state index contributed by atoms with van der Waals surface area (Å²) < 4.78 is 0. The maximum Gasteiger partial charge on any atom is 0.297 e. The fourth-order valence-electron chi connectivity index (χ4n) is 1.15. The van der Waals surface area contributed by atoms with Crippen LogP contribution in [0, 0.1) is 30.3 Å². The molecule has 0 aliphatic carbocycles. The molecule has 0 radical (unpaired) electrons. The van der Waals surface area contributed by atoms with Crippen LogP contribution in [0.1, 0.15) is 0 Å². The van der Waals surface area contributed by atoms with Crippen molar-refractivity contribution in [2.45, 2.75) is 4.90 Å². The minimum Gasteiger partial charge on any atom is -0.538 e. The van der Waals surface area contributed by atoms with E-state index < -0.39 is 42.0 Å². The van der Waals surface area contributed by atoms with Crippen molar-refractivity contribution >= 4 is 34.1 Å². The van der Waals surface area contributed by atoms with E-state index in [1.54, 1.807) is 0 Å². The van der Waals surface area contributed by atoms with Crippen LogP contribution in [0.2, 0.25) is 0 Å². The Kier molecular flexibility index (Phi) is 3.96. The van der Waals surface area contributed by atoms with Crippen molar-refractivity contribution in [3.8, 4) is 0 Å². The number of hydrogen-bond acceptors (Lipinski definition) is 9. The Bertz CT molecular complexity index is 565. The number of thioether (sulfide) groups is 1. The maximum atomic E-state index is 10.7. The van der Waals surface area contributed by atoms with E-state index in [-0.39, 0.29) is 11.8 Å². The molecule has 0 saturated carbocycles. The van der Waals surface area contributed by atoms with Gasteiger partial charge >= 0.3 is 0 Å². The summed E-state index contributed by atoms with van der Waals surface area (Å²) in [5.74, 6) is 0. The Balaban J connectivity index is 3.64. The number of hydrogen-bond donors (Lipinski definition) is 0. The number of nitro groups is 3. The molecule has 0 heterocycles. The molecule has 0 aliphatic rings. The Labute approximate surface area is 107 Å². The highest BCUT2D eigenvalue weighted by Crippen LogP contribution is 2.40. The van der Waals surface area contributed by atoms with Gasteiger partial charge in [-0.2, -0.15) is 0 Å². The van der Waals surface area contributed by atoms with E-state index in [1.807, 2.05) is 0 Å². The van der Waals surface area contributed by atoms with Crippen molar-refractivity contribution in [2.75, 3.05) is 0 Å². The predicted molar refractivity (Wildman–Crippen MR) is 57.7 cm³/mol. The number of rotatable bonds is 4. The number of non-ortho nitro benzene ring substituents is 1. The molecule has 0 atom stereocenters. The third-order valence-corrected chi connectivity index (χ3v) is 2.61. The lowest BCUT2D eigenvalue weighted by molar-refractivity contribution is -0.407. The number of carbonyl (C=O) groups is 1. The molecule has 0 bridgehead atoms. The van der Waals surface area contributed by atoms with Crippen LogP contribution in [0.5, 0.6) is 0 Å². The van der Waals surface area contributed by atoms with Gasteiger partial charge in [-0.15, -0.1) is 0 Å². The first-order valence-electron chi connectivity index (χ1n) is 4.24. The highest BCUT2D eigenvalue weighted by molar-refractivity contribution is 8.13. The van der Waals surface area contributed by atoms with Gasteiger partial charge in [0.25, 0.3) is 17.1 Å². The van der Waals surface area contributed by atoms with Crippen LogP contribution >= 0.6 is 11.8 Å². The molecule has 100 valence electrons. The predicted octanol–water partition coefficient (Wildman–Crippen LogP) is 0.847. The molecular formula is C7H2N3O8S-. The molecule has 0 saturated heterocycles. The van der Waals surface area contributed by atoms with Crippen LogP contribution < -0.4 is 5.11 Å². The molecule has 0 aliphatic heterocycles. The summed E-state index contributed by atoms with van der Waals surface area (Å²) in [5, 5.41) is 40.4. The monoisotopic (exact) mass is 288 g/mol. The second-order valence-electron chi connectivity index (χ2n) is 2.94. The number of carboxylic acid groups (broad SMARTS) is 1. The number of nitro benzene ring substituents is 3. The summed E-state index contributed by atoms with van der Waals surface area (Å²) in [7, 11) is 0. The van der Waals surface area contributed by atoms with Gasteiger partial charge < -0.3 is 9.90 Å². The van der Waals surface area contributed by atoms with Crippen molar-refractivity contribution in [1.29, 1.82) is 0 Å². The first-order chi connectivity index (χ1) is 8.73. The average Bonchev–Trinajstić information content (AvgIpc) is 2.27. The van der Waals surface area contributed by atoms with Crippen LogP contribution in [0.3, 0.4) is 0 Å². The van der Waals surface area contributed by atoms with Gasteiger partial charge in [0.05, 0.1) is 26.9 Å². The lowest BCUT2D eigenvalue weighted by Crippen LogP contribution is -2.16. The molecule has 19 heavy (non-hydrogen) atoms. The SMILES string of the molecule is O=C([O-])Sc1c([N+](=O)[O-])cc([N+](=O)[O-])cc1[N+](=O)[O-]. The Hall–Kier alpha value is -2.76. The van der Waals surface area contributed by atoms with Crippen molar-refractivity contribution < 1.29 is 24.7 Å². The Morgan fingerprint density at radius 3 is 1.63 bits per heavy atom. The van der Waals surface area contributed by atoms with E-state index >= 15 is 0 Å². The Morgan fingerprint density at radius 1 is 0.947 bits per heavy atom.